The monoisotopic (exact) mass is 285 g/mol. The van der Waals surface area contributed by atoms with Gasteiger partial charge in [-0.3, -0.25) is 4.79 Å². The highest BCUT2D eigenvalue weighted by molar-refractivity contribution is 9.10. The fourth-order valence-corrected chi connectivity index (χ4v) is 1.38. The Kier molecular flexibility index (Phi) is 4.80. The minimum Gasteiger partial charge on any atom is -0.494 e. The zero-order valence-corrected chi connectivity index (χ0v) is 11.3. The molecule has 1 unspecified atom stereocenters. The van der Waals surface area contributed by atoms with Crippen LogP contribution in [0.4, 0.5) is 5.69 Å². The lowest BCUT2D eigenvalue weighted by Gasteiger charge is -2.11. The lowest BCUT2D eigenvalue weighted by molar-refractivity contribution is -0.115. The van der Waals surface area contributed by atoms with Gasteiger partial charge in [-0.15, -0.1) is 0 Å². The Morgan fingerprint density at radius 2 is 2.25 bits per heavy atom. The van der Waals surface area contributed by atoms with Crippen molar-refractivity contribution in [2.24, 2.45) is 0 Å². The molecule has 0 heterocycles. The first-order valence-corrected chi connectivity index (χ1v) is 6.14. The Bertz CT molecular complexity index is 377. The first-order chi connectivity index (χ1) is 7.54. The summed E-state index contributed by atoms with van der Waals surface area (Å²) < 4.78 is 5.37. The predicted octanol–water partition coefficient (Wildman–Crippen LogP) is 3.12. The Morgan fingerprint density at radius 3 is 2.75 bits per heavy atom. The lowest BCUT2D eigenvalue weighted by Crippen LogP contribution is -2.20. The molecule has 1 rings (SSSR count). The molecule has 0 fully saturated rings. The minimum absolute atomic E-state index is 0.0488. The van der Waals surface area contributed by atoms with E-state index in [2.05, 4.69) is 21.2 Å². The van der Waals surface area contributed by atoms with Gasteiger partial charge in [0.25, 0.3) is 0 Å². The third-order valence-corrected chi connectivity index (χ3v) is 2.54. The average molecular weight is 286 g/mol. The SMILES string of the molecule is CCOc1ccc(NC(=O)C(C)Br)c(C)c1. The number of hydrogen-bond acceptors (Lipinski definition) is 2. The van der Waals surface area contributed by atoms with Crippen molar-refractivity contribution < 1.29 is 9.53 Å². The van der Waals surface area contributed by atoms with Gasteiger partial charge in [-0.1, -0.05) is 15.9 Å². The van der Waals surface area contributed by atoms with E-state index in [-0.39, 0.29) is 10.7 Å². The topological polar surface area (TPSA) is 38.3 Å². The molecular formula is C12H16BrNO2. The fraction of sp³-hybridized carbons (Fsp3) is 0.417. The highest BCUT2D eigenvalue weighted by Gasteiger charge is 2.10. The van der Waals surface area contributed by atoms with E-state index in [1.165, 1.54) is 0 Å². The van der Waals surface area contributed by atoms with Gasteiger partial charge in [0.1, 0.15) is 5.75 Å². The predicted molar refractivity (Wildman–Crippen MR) is 69.4 cm³/mol. The van der Waals surface area contributed by atoms with Crippen molar-refractivity contribution in [2.75, 3.05) is 11.9 Å². The molecule has 0 aromatic heterocycles. The Morgan fingerprint density at radius 1 is 1.56 bits per heavy atom. The van der Waals surface area contributed by atoms with Crippen molar-refractivity contribution in [3.05, 3.63) is 23.8 Å². The highest BCUT2D eigenvalue weighted by atomic mass is 79.9. The Balaban J connectivity index is 2.79. The molecule has 0 bridgehead atoms. The van der Waals surface area contributed by atoms with E-state index in [1.54, 1.807) is 6.92 Å². The van der Waals surface area contributed by atoms with Gasteiger partial charge in [-0.25, -0.2) is 0 Å². The highest BCUT2D eigenvalue weighted by Crippen LogP contribution is 2.21. The number of ether oxygens (including phenoxy) is 1. The second-order valence-electron chi connectivity index (χ2n) is 3.51. The number of anilines is 1. The molecule has 0 aliphatic rings. The second kappa shape index (κ2) is 5.89. The van der Waals surface area contributed by atoms with Crippen LogP contribution < -0.4 is 10.1 Å². The van der Waals surface area contributed by atoms with Gasteiger partial charge >= 0.3 is 0 Å². The third kappa shape index (κ3) is 3.52. The van der Waals surface area contributed by atoms with E-state index in [0.717, 1.165) is 17.0 Å². The van der Waals surface area contributed by atoms with Crippen LogP contribution in [0.3, 0.4) is 0 Å². The first-order valence-electron chi connectivity index (χ1n) is 5.23. The number of alkyl halides is 1. The zero-order chi connectivity index (χ0) is 12.1. The van der Waals surface area contributed by atoms with Gasteiger partial charge in [0, 0.05) is 5.69 Å². The molecule has 0 saturated heterocycles. The average Bonchev–Trinajstić information content (AvgIpc) is 2.22. The maximum absolute atomic E-state index is 11.5. The summed E-state index contributed by atoms with van der Waals surface area (Å²) in [6, 6.07) is 5.62. The van der Waals surface area contributed by atoms with Gasteiger partial charge < -0.3 is 10.1 Å². The van der Waals surface area contributed by atoms with Crippen LogP contribution in [0, 0.1) is 6.92 Å². The van der Waals surface area contributed by atoms with Crippen LogP contribution in [-0.4, -0.2) is 17.3 Å². The van der Waals surface area contributed by atoms with Crippen molar-refractivity contribution in [3.8, 4) is 5.75 Å². The van der Waals surface area contributed by atoms with Crippen molar-refractivity contribution in [1.82, 2.24) is 0 Å². The lowest BCUT2D eigenvalue weighted by atomic mass is 10.2. The number of amides is 1. The fourth-order valence-electron chi connectivity index (χ4n) is 1.27. The smallest absolute Gasteiger partial charge is 0.237 e. The molecule has 0 spiro atoms. The normalized spacial score (nSPS) is 12.0. The first kappa shape index (κ1) is 13.0. The summed E-state index contributed by atoms with van der Waals surface area (Å²) in [7, 11) is 0. The number of hydrogen-bond donors (Lipinski definition) is 1. The van der Waals surface area contributed by atoms with E-state index in [1.807, 2.05) is 32.0 Å². The molecule has 1 N–H and O–H groups in total. The number of rotatable bonds is 4. The van der Waals surface area contributed by atoms with Gasteiger partial charge in [0.2, 0.25) is 5.91 Å². The molecular weight excluding hydrogens is 270 g/mol. The molecule has 1 atom stereocenters. The Labute approximate surface area is 104 Å². The number of nitrogens with one attached hydrogen (secondary N) is 1. The number of carbonyl (C=O) groups excluding carboxylic acids is 1. The molecule has 1 aromatic rings. The summed E-state index contributed by atoms with van der Waals surface area (Å²) in [5, 5.41) is 2.84. The largest absolute Gasteiger partial charge is 0.494 e. The van der Waals surface area contributed by atoms with Crippen molar-refractivity contribution in [3.63, 3.8) is 0 Å². The summed E-state index contributed by atoms with van der Waals surface area (Å²) in [6.07, 6.45) is 0. The third-order valence-electron chi connectivity index (χ3n) is 2.13. The van der Waals surface area contributed by atoms with Crippen LogP contribution in [0.5, 0.6) is 5.75 Å². The second-order valence-corrected chi connectivity index (χ2v) is 4.89. The van der Waals surface area contributed by atoms with Crippen LogP contribution in [0.15, 0.2) is 18.2 Å². The number of benzene rings is 1. The zero-order valence-electron chi connectivity index (χ0n) is 9.71. The Hall–Kier alpha value is -1.03. The van der Waals surface area contributed by atoms with E-state index in [9.17, 15) is 4.79 Å². The molecule has 0 aliphatic carbocycles. The molecule has 0 radical (unpaired) electrons. The summed E-state index contributed by atoms with van der Waals surface area (Å²) in [6.45, 7) is 6.32. The van der Waals surface area contributed by atoms with E-state index >= 15 is 0 Å². The maximum Gasteiger partial charge on any atom is 0.237 e. The molecule has 1 amide bonds. The maximum atomic E-state index is 11.5. The van der Waals surface area contributed by atoms with Crippen LogP contribution >= 0.6 is 15.9 Å². The molecule has 16 heavy (non-hydrogen) atoms. The summed E-state index contributed by atoms with van der Waals surface area (Å²) >= 11 is 3.22. The van der Waals surface area contributed by atoms with Crippen molar-refractivity contribution in [1.29, 1.82) is 0 Å². The van der Waals surface area contributed by atoms with Crippen LogP contribution in [0.2, 0.25) is 0 Å². The summed E-state index contributed by atoms with van der Waals surface area (Å²) in [5.74, 6) is 0.775. The standard InChI is InChI=1S/C12H16BrNO2/c1-4-16-10-5-6-11(8(2)7-10)14-12(15)9(3)13/h5-7,9H,4H2,1-3H3,(H,14,15). The summed E-state index contributed by atoms with van der Waals surface area (Å²) in [5.41, 5.74) is 1.81. The summed E-state index contributed by atoms with van der Waals surface area (Å²) in [4.78, 5) is 11.3. The van der Waals surface area contributed by atoms with Gasteiger partial charge in [0.05, 0.1) is 11.4 Å². The van der Waals surface area contributed by atoms with Crippen molar-refractivity contribution >= 4 is 27.5 Å². The van der Waals surface area contributed by atoms with Crippen molar-refractivity contribution in [2.45, 2.75) is 25.6 Å². The van der Waals surface area contributed by atoms with E-state index in [0.29, 0.717) is 6.61 Å². The van der Waals surface area contributed by atoms with Crippen LogP contribution in [0.1, 0.15) is 19.4 Å². The van der Waals surface area contributed by atoms with Gasteiger partial charge in [-0.2, -0.15) is 0 Å². The molecule has 88 valence electrons. The van der Waals surface area contributed by atoms with E-state index < -0.39 is 0 Å². The molecule has 1 aromatic carbocycles. The molecule has 3 nitrogen and oxygen atoms in total. The van der Waals surface area contributed by atoms with E-state index in [4.69, 9.17) is 4.74 Å². The molecule has 0 aliphatic heterocycles. The number of carbonyl (C=O) groups is 1. The minimum atomic E-state index is -0.196. The van der Waals surface area contributed by atoms with Gasteiger partial charge in [-0.05, 0) is 44.5 Å². The van der Waals surface area contributed by atoms with Crippen LogP contribution in [0.25, 0.3) is 0 Å². The number of aryl methyl sites for hydroxylation is 1. The van der Waals surface area contributed by atoms with Crippen LogP contribution in [-0.2, 0) is 4.79 Å². The van der Waals surface area contributed by atoms with Gasteiger partial charge in [0.15, 0.2) is 0 Å². The molecule has 4 heteroatoms. The number of halogens is 1. The molecule has 0 saturated carbocycles. The quantitative estimate of drug-likeness (QED) is 0.864.